The van der Waals surface area contributed by atoms with Gasteiger partial charge in [-0.1, -0.05) is 25.1 Å². The van der Waals surface area contributed by atoms with Crippen LogP contribution in [-0.4, -0.2) is 41.2 Å². The Hall–Kier alpha value is -1.81. The molecule has 1 aliphatic heterocycles. The van der Waals surface area contributed by atoms with E-state index in [4.69, 9.17) is 4.74 Å². The van der Waals surface area contributed by atoms with Gasteiger partial charge in [-0.3, -0.25) is 4.79 Å². The lowest BCUT2D eigenvalue weighted by Gasteiger charge is -2.25. The van der Waals surface area contributed by atoms with Crippen LogP contribution >= 0.6 is 0 Å². The number of rotatable bonds is 5. The Morgan fingerprint density at radius 1 is 1.41 bits per heavy atom. The van der Waals surface area contributed by atoms with E-state index in [1.807, 2.05) is 34.7 Å². The van der Waals surface area contributed by atoms with Crippen molar-refractivity contribution in [3.63, 3.8) is 0 Å². The van der Waals surface area contributed by atoms with Gasteiger partial charge in [0.1, 0.15) is 5.69 Å². The molecule has 0 aliphatic carbocycles. The third-order valence-corrected chi connectivity index (χ3v) is 4.40. The Kier molecular flexibility index (Phi) is 4.48. The Bertz CT molecular complexity index is 656. The van der Waals surface area contributed by atoms with E-state index in [-0.39, 0.29) is 12.0 Å². The normalized spacial score (nSPS) is 18.0. The molecule has 1 amide bonds. The largest absolute Gasteiger partial charge is 0.376 e. The predicted molar refractivity (Wildman–Crippen MR) is 88.1 cm³/mol. The Morgan fingerprint density at radius 2 is 2.23 bits per heavy atom. The van der Waals surface area contributed by atoms with Gasteiger partial charge in [0.05, 0.1) is 6.10 Å². The lowest BCUT2D eigenvalue weighted by molar-refractivity contribution is 0.0519. The molecule has 1 atom stereocenters. The first kappa shape index (κ1) is 15.1. The lowest BCUT2D eigenvalue weighted by atomic mass is 10.2. The van der Waals surface area contributed by atoms with Gasteiger partial charge in [-0.2, -0.15) is 0 Å². The highest BCUT2D eigenvalue weighted by Gasteiger charge is 2.24. The van der Waals surface area contributed by atoms with Gasteiger partial charge in [-0.05, 0) is 31.4 Å². The molecule has 3 rings (SSSR count). The van der Waals surface area contributed by atoms with Gasteiger partial charge in [0, 0.05) is 37.6 Å². The molecule has 22 heavy (non-hydrogen) atoms. The molecule has 1 aromatic carbocycles. The SMILES string of the molecule is CCCN(C[C@@H]1CCCO1)C(=O)c1cc2ccccc2n1C. The maximum Gasteiger partial charge on any atom is 0.270 e. The van der Waals surface area contributed by atoms with E-state index >= 15 is 0 Å². The van der Waals surface area contributed by atoms with Crippen molar-refractivity contribution in [2.75, 3.05) is 19.7 Å². The minimum Gasteiger partial charge on any atom is -0.376 e. The zero-order chi connectivity index (χ0) is 15.5. The molecule has 0 unspecified atom stereocenters. The zero-order valence-electron chi connectivity index (χ0n) is 13.4. The summed E-state index contributed by atoms with van der Waals surface area (Å²) >= 11 is 0. The van der Waals surface area contributed by atoms with E-state index in [9.17, 15) is 4.79 Å². The topological polar surface area (TPSA) is 34.5 Å². The van der Waals surface area contributed by atoms with Gasteiger partial charge >= 0.3 is 0 Å². The number of aromatic nitrogens is 1. The van der Waals surface area contributed by atoms with Crippen LogP contribution in [-0.2, 0) is 11.8 Å². The van der Waals surface area contributed by atoms with E-state index in [1.165, 1.54) is 0 Å². The summed E-state index contributed by atoms with van der Waals surface area (Å²) in [6.07, 6.45) is 3.32. The van der Waals surface area contributed by atoms with E-state index in [2.05, 4.69) is 19.1 Å². The molecule has 0 radical (unpaired) electrons. The van der Waals surface area contributed by atoms with Gasteiger partial charge in [0.2, 0.25) is 0 Å². The smallest absolute Gasteiger partial charge is 0.270 e. The number of ether oxygens (including phenoxy) is 1. The molecule has 1 aromatic heterocycles. The molecular weight excluding hydrogens is 276 g/mol. The fourth-order valence-electron chi connectivity index (χ4n) is 3.24. The second-order valence-corrected chi connectivity index (χ2v) is 6.03. The number of carbonyl (C=O) groups excluding carboxylic acids is 1. The fourth-order valence-corrected chi connectivity index (χ4v) is 3.24. The summed E-state index contributed by atoms with van der Waals surface area (Å²) in [6, 6.07) is 10.1. The molecule has 0 N–H and O–H groups in total. The summed E-state index contributed by atoms with van der Waals surface area (Å²) in [5.41, 5.74) is 1.85. The molecule has 118 valence electrons. The van der Waals surface area contributed by atoms with Crippen molar-refractivity contribution in [3.8, 4) is 0 Å². The maximum atomic E-state index is 13.0. The number of amides is 1. The van der Waals surface area contributed by atoms with Crippen molar-refractivity contribution in [2.45, 2.75) is 32.3 Å². The highest BCUT2D eigenvalue weighted by molar-refractivity contribution is 5.98. The first-order chi connectivity index (χ1) is 10.7. The number of hydrogen-bond acceptors (Lipinski definition) is 2. The summed E-state index contributed by atoms with van der Waals surface area (Å²) in [5.74, 6) is 0.107. The number of hydrogen-bond donors (Lipinski definition) is 0. The van der Waals surface area contributed by atoms with Crippen LogP contribution in [0.4, 0.5) is 0 Å². The predicted octanol–water partition coefficient (Wildman–Crippen LogP) is 3.21. The van der Waals surface area contributed by atoms with E-state index in [1.54, 1.807) is 0 Å². The average molecular weight is 300 g/mol. The van der Waals surface area contributed by atoms with E-state index < -0.39 is 0 Å². The van der Waals surface area contributed by atoms with Crippen molar-refractivity contribution in [1.82, 2.24) is 9.47 Å². The second-order valence-electron chi connectivity index (χ2n) is 6.03. The summed E-state index contributed by atoms with van der Waals surface area (Å²) in [7, 11) is 1.96. The first-order valence-electron chi connectivity index (χ1n) is 8.16. The quantitative estimate of drug-likeness (QED) is 0.850. The lowest BCUT2D eigenvalue weighted by Crippen LogP contribution is -2.38. The Balaban J connectivity index is 1.85. The number of para-hydroxylation sites is 1. The molecule has 4 nitrogen and oxygen atoms in total. The summed E-state index contributed by atoms with van der Waals surface area (Å²) in [6.45, 7) is 4.42. The number of benzene rings is 1. The molecule has 0 saturated carbocycles. The van der Waals surface area contributed by atoms with Gasteiger partial charge in [0.25, 0.3) is 5.91 Å². The van der Waals surface area contributed by atoms with Crippen LogP contribution in [0.25, 0.3) is 10.9 Å². The highest BCUT2D eigenvalue weighted by atomic mass is 16.5. The summed E-state index contributed by atoms with van der Waals surface area (Å²) in [4.78, 5) is 14.9. The summed E-state index contributed by atoms with van der Waals surface area (Å²) < 4.78 is 7.70. The molecule has 0 bridgehead atoms. The second kappa shape index (κ2) is 6.53. The van der Waals surface area contributed by atoms with Crippen molar-refractivity contribution < 1.29 is 9.53 Å². The van der Waals surface area contributed by atoms with Crippen LogP contribution < -0.4 is 0 Å². The van der Waals surface area contributed by atoms with Crippen molar-refractivity contribution in [1.29, 1.82) is 0 Å². The Morgan fingerprint density at radius 3 is 2.91 bits per heavy atom. The molecular formula is C18H24N2O2. The molecule has 1 saturated heterocycles. The van der Waals surface area contributed by atoms with E-state index in [0.717, 1.165) is 49.0 Å². The number of fused-ring (bicyclic) bond motifs is 1. The number of aryl methyl sites for hydroxylation is 1. The molecule has 1 fully saturated rings. The Labute approximate surface area is 131 Å². The van der Waals surface area contributed by atoms with Gasteiger partial charge < -0.3 is 14.2 Å². The zero-order valence-corrected chi connectivity index (χ0v) is 13.4. The van der Waals surface area contributed by atoms with Crippen LogP contribution in [0, 0.1) is 0 Å². The molecule has 2 heterocycles. The minimum atomic E-state index is 0.107. The first-order valence-corrected chi connectivity index (χ1v) is 8.16. The van der Waals surface area contributed by atoms with Crippen LogP contribution in [0.5, 0.6) is 0 Å². The van der Waals surface area contributed by atoms with Crippen molar-refractivity contribution in [2.24, 2.45) is 7.05 Å². The summed E-state index contributed by atoms with van der Waals surface area (Å²) in [5, 5.41) is 1.11. The van der Waals surface area contributed by atoms with Crippen LogP contribution in [0.15, 0.2) is 30.3 Å². The van der Waals surface area contributed by atoms with Crippen LogP contribution in [0.3, 0.4) is 0 Å². The average Bonchev–Trinajstić information content (AvgIpc) is 3.15. The van der Waals surface area contributed by atoms with Gasteiger partial charge in [-0.15, -0.1) is 0 Å². The van der Waals surface area contributed by atoms with E-state index in [0.29, 0.717) is 6.54 Å². The monoisotopic (exact) mass is 300 g/mol. The molecule has 0 spiro atoms. The third kappa shape index (κ3) is 2.88. The maximum absolute atomic E-state index is 13.0. The van der Waals surface area contributed by atoms with Gasteiger partial charge in [-0.25, -0.2) is 0 Å². The molecule has 1 aliphatic rings. The van der Waals surface area contributed by atoms with Crippen LogP contribution in [0.2, 0.25) is 0 Å². The molecule has 4 heteroatoms. The fraction of sp³-hybridized carbons (Fsp3) is 0.500. The van der Waals surface area contributed by atoms with Crippen molar-refractivity contribution in [3.05, 3.63) is 36.0 Å². The highest BCUT2D eigenvalue weighted by Crippen LogP contribution is 2.21. The van der Waals surface area contributed by atoms with Crippen molar-refractivity contribution >= 4 is 16.8 Å². The number of carbonyl (C=O) groups is 1. The third-order valence-electron chi connectivity index (χ3n) is 4.40. The molecule has 2 aromatic rings. The minimum absolute atomic E-state index is 0.107. The van der Waals surface area contributed by atoms with Gasteiger partial charge in [0.15, 0.2) is 0 Å². The standard InChI is InChI=1S/C18H24N2O2/c1-3-10-20(13-15-8-6-11-22-15)18(21)17-12-14-7-4-5-9-16(14)19(17)2/h4-5,7,9,12,15H,3,6,8,10-11,13H2,1-2H3/t15-/m0/s1. The number of nitrogens with zero attached hydrogens (tertiary/aromatic N) is 2. The van der Waals surface area contributed by atoms with Crippen LogP contribution in [0.1, 0.15) is 36.7 Å².